The van der Waals surface area contributed by atoms with Crippen molar-refractivity contribution in [3.8, 4) is 22.4 Å². The van der Waals surface area contributed by atoms with E-state index in [-0.39, 0.29) is 12.1 Å². The molecule has 5 aromatic rings. The van der Waals surface area contributed by atoms with Gasteiger partial charge in [0, 0.05) is 53.8 Å². The number of carbonyl (C=O) groups is 1. The molecule has 41 heavy (non-hydrogen) atoms. The Morgan fingerprint density at radius 2 is 1.88 bits per heavy atom. The van der Waals surface area contributed by atoms with Crippen LogP contribution in [0.4, 0.5) is 4.79 Å². The topological polar surface area (TPSA) is 77.5 Å². The van der Waals surface area contributed by atoms with Crippen LogP contribution in [0.5, 0.6) is 0 Å². The lowest BCUT2D eigenvalue weighted by molar-refractivity contribution is 0.0288. The van der Waals surface area contributed by atoms with E-state index in [1.165, 1.54) is 0 Å². The highest BCUT2D eigenvalue weighted by Crippen LogP contribution is 2.39. The lowest BCUT2D eigenvalue weighted by Crippen LogP contribution is -2.35. The summed E-state index contributed by atoms with van der Waals surface area (Å²) in [4.78, 5) is 24.0. The molecule has 4 aromatic heterocycles. The number of imidazole rings is 1. The lowest BCUT2D eigenvalue weighted by atomic mass is 10.1. The number of aromatic nitrogens is 5. The number of likely N-dealkylation sites (tertiary alicyclic amines) is 1. The van der Waals surface area contributed by atoms with Crippen LogP contribution in [0.25, 0.3) is 44.5 Å². The van der Waals surface area contributed by atoms with Gasteiger partial charge in [-0.15, -0.1) is 0 Å². The summed E-state index contributed by atoms with van der Waals surface area (Å²) in [5.41, 5.74) is 5.89. The Balaban J connectivity index is 1.37. The number of carbonyl (C=O) groups excluding carboxylic acids is 1. The van der Waals surface area contributed by atoms with Gasteiger partial charge in [-0.25, -0.2) is 9.78 Å². The third-order valence-corrected chi connectivity index (χ3v) is 7.81. The number of hydrogen-bond donors (Lipinski definition) is 0. The summed E-state index contributed by atoms with van der Waals surface area (Å²) in [6.45, 7) is 13.0. The summed E-state index contributed by atoms with van der Waals surface area (Å²) in [5.74, 6) is 0. The van der Waals surface area contributed by atoms with Crippen molar-refractivity contribution in [2.24, 2.45) is 0 Å². The smallest absolute Gasteiger partial charge is 0.410 e. The fourth-order valence-corrected chi connectivity index (χ4v) is 5.88. The molecule has 1 amide bonds. The first-order chi connectivity index (χ1) is 19.5. The Hall–Kier alpha value is -3.88. The van der Waals surface area contributed by atoms with Gasteiger partial charge in [-0.05, 0) is 64.0 Å². The standard InChI is InChI=1S/C31H30Cl2N6O2/c1-18(2)28-27(26-23(32)7-6-8-24(26)33)36-29-22-13-19(14-34-25(22)10-12-38(28)29)20-15-35-39(16-20)21-9-11-37(17-21)30(40)41-31(3,4)5/h6-8,10,12-16,21H,1,9,11,17H2,2-5H3/t21-/m0/s1. The molecule has 0 bridgehead atoms. The molecule has 10 heteroatoms. The van der Waals surface area contributed by atoms with Gasteiger partial charge in [0.25, 0.3) is 0 Å². The maximum absolute atomic E-state index is 12.5. The molecular formula is C31H30Cl2N6O2. The van der Waals surface area contributed by atoms with E-state index < -0.39 is 5.60 Å². The zero-order valence-corrected chi connectivity index (χ0v) is 24.9. The Morgan fingerprint density at radius 3 is 2.59 bits per heavy atom. The molecule has 6 rings (SSSR count). The molecule has 8 nitrogen and oxygen atoms in total. The number of fused-ring (bicyclic) bond motifs is 3. The van der Waals surface area contributed by atoms with Gasteiger partial charge in [0.15, 0.2) is 0 Å². The average molecular weight is 590 g/mol. The summed E-state index contributed by atoms with van der Waals surface area (Å²) >= 11 is 13.2. The molecular weight excluding hydrogens is 559 g/mol. The van der Waals surface area contributed by atoms with E-state index in [0.29, 0.717) is 34.4 Å². The second kappa shape index (κ2) is 10.2. The Labute approximate surface area is 248 Å². The summed E-state index contributed by atoms with van der Waals surface area (Å²) in [5, 5.41) is 6.56. The monoisotopic (exact) mass is 588 g/mol. The molecule has 5 heterocycles. The van der Waals surface area contributed by atoms with Crippen LogP contribution in [-0.4, -0.2) is 53.8 Å². The molecule has 0 spiro atoms. The van der Waals surface area contributed by atoms with E-state index >= 15 is 0 Å². The molecule has 1 aromatic carbocycles. The van der Waals surface area contributed by atoms with E-state index in [1.54, 1.807) is 4.90 Å². The number of pyridine rings is 2. The third-order valence-electron chi connectivity index (χ3n) is 7.18. The van der Waals surface area contributed by atoms with Crippen LogP contribution in [0.3, 0.4) is 0 Å². The average Bonchev–Trinajstić information content (AvgIpc) is 3.65. The van der Waals surface area contributed by atoms with Crippen molar-refractivity contribution in [1.29, 1.82) is 0 Å². The Bertz CT molecular complexity index is 1810. The summed E-state index contributed by atoms with van der Waals surface area (Å²) in [6, 6.07) is 9.55. The van der Waals surface area contributed by atoms with Crippen molar-refractivity contribution >= 4 is 51.4 Å². The molecule has 0 saturated carbocycles. The minimum absolute atomic E-state index is 0.0738. The van der Waals surface area contributed by atoms with Crippen LogP contribution in [0, 0.1) is 0 Å². The third kappa shape index (κ3) is 5.06. The highest BCUT2D eigenvalue weighted by Gasteiger charge is 2.31. The molecule has 1 atom stereocenters. The number of allylic oxidation sites excluding steroid dienone is 1. The summed E-state index contributed by atoms with van der Waals surface area (Å²) in [7, 11) is 0. The van der Waals surface area contributed by atoms with Gasteiger partial charge in [0.05, 0.1) is 33.5 Å². The summed E-state index contributed by atoms with van der Waals surface area (Å²) in [6.07, 6.45) is 8.15. The first-order valence-electron chi connectivity index (χ1n) is 13.4. The van der Waals surface area contributed by atoms with Gasteiger partial charge in [0.1, 0.15) is 16.9 Å². The molecule has 1 aliphatic rings. The predicted octanol–water partition coefficient (Wildman–Crippen LogP) is 7.93. The van der Waals surface area contributed by atoms with E-state index in [9.17, 15) is 4.79 Å². The van der Waals surface area contributed by atoms with Crippen LogP contribution >= 0.6 is 23.2 Å². The maximum atomic E-state index is 12.5. The lowest BCUT2D eigenvalue weighted by Gasteiger charge is -2.24. The highest BCUT2D eigenvalue weighted by atomic mass is 35.5. The normalized spacial score (nSPS) is 15.7. The van der Waals surface area contributed by atoms with E-state index in [2.05, 4.69) is 17.7 Å². The molecule has 0 N–H and O–H groups in total. The second-order valence-corrected chi connectivity index (χ2v) is 12.2. The SMILES string of the molecule is C=C(C)c1c(-c2c(Cl)cccc2Cl)nc2c3cc(-c4cnn([C@H]5CCN(C(=O)OC(C)(C)C)C5)c4)cnc3ccn12. The van der Waals surface area contributed by atoms with Crippen molar-refractivity contribution in [2.75, 3.05) is 13.1 Å². The first-order valence-corrected chi connectivity index (χ1v) is 14.2. The van der Waals surface area contributed by atoms with Crippen molar-refractivity contribution < 1.29 is 9.53 Å². The Morgan fingerprint density at radius 1 is 1.12 bits per heavy atom. The predicted molar refractivity (Wildman–Crippen MR) is 163 cm³/mol. The van der Waals surface area contributed by atoms with Gasteiger partial charge in [-0.2, -0.15) is 5.10 Å². The quantitative estimate of drug-likeness (QED) is 0.213. The number of hydrogen-bond acceptors (Lipinski definition) is 5. The fraction of sp³-hybridized carbons (Fsp3) is 0.290. The van der Waals surface area contributed by atoms with Crippen molar-refractivity contribution in [2.45, 2.75) is 45.8 Å². The van der Waals surface area contributed by atoms with Gasteiger partial charge >= 0.3 is 6.09 Å². The van der Waals surface area contributed by atoms with E-state index in [0.717, 1.165) is 45.4 Å². The van der Waals surface area contributed by atoms with Crippen molar-refractivity contribution in [3.63, 3.8) is 0 Å². The van der Waals surface area contributed by atoms with Crippen LogP contribution in [0.2, 0.25) is 10.0 Å². The van der Waals surface area contributed by atoms with Gasteiger partial charge in [-0.3, -0.25) is 14.1 Å². The first kappa shape index (κ1) is 27.3. The number of nitrogens with zero attached hydrogens (tertiary/aromatic N) is 6. The van der Waals surface area contributed by atoms with Crippen molar-refractivity contribution in [3.05, 3.63) is 77.4 Å². The number of ether oxygens (including phenoxy) is 1. The minimum Gasteiger partial charge on any atom is -0.444 e. The fourth-order valence-electron chi connectivity index (χ4n) is 5.30. The minimum atomic E-state index is -0.525. The van der Waals surface area contributed by atoms with Gasteiger partial charge < -0.3 is 9.64 Å². The van der Waals surface area contributed by atoms with Gasteiger partial charge in [-0.1, -0.05) is 35.8 Å². The van der Waals surface area contributed by atoms with E-state index in [1.807, 2.05) is 85.8 Å². The molecule has 1 fully saturated rings. The van der Waals surface area contributed by atoms with Crippen LogP contribution < -0.4 is 0 Å². The van der Waals surface area contributed by atoms with Crippen molar-refractivity contribution in [1.82, 2.24) is 29.0 Å². The molecule has 0 radical (unpaired) electrons. The Kier molecular flexibility index (Phi) is 6.78. The highest BCUT2D eigenvalue weighted by molar-refractivity contribution is 6.39. The second-order valence-electron chi connectivity index (χ2n) is 11.4. The molecule has 0 unspecified atom stereocenters. The molecule has 1 saturated heterocycles. The zero-order chi connectivity index (χ0) is 29.1. The van der Waals surface area contributed by atoms with Crippen LogP contribution in [0.1, 0.15) is 45.9 Å². The van der Waals surface area contributed by atoms with Gasteiger partial charge in [0.2, 0.25) is 0 Å². The molecule has 0 aliphatic carbocycles. The maximum Gasteiger partial charge on any atom is 0.410 e. The number of rotatable bonds is 4. The number of benzene rings is 1. The summed E-state index contributed by atoms with van der Waals surface area (Å²) < 4.78 is 9.48. The largest absolute Gasteiger partial charge is 0.444 e. The number of amides is 1. The van der Waals surface area contributed by atoms with Crippen LogP contribution in [0.15, 0.2) is 61.7 Å². The molecule has 1 aliphatic heterocycles. The number of halogens is 2. The van der Waals surface area contributed by atoms with Crippen LogP contribution in [-0.2, 0) is 4.74 Å². The zero-order valence-electron chi connectivity index (χ0n) is 23.4. The molecule has 210 valence electrons. The van der Waals surface area contributed by atoms with E-state index in [4.69, 9.17) is 37.9 Å².